The van der Waals surface area contributed by atoms with Crippen LogP contribution >= 0.6 is 11.3 Å². The van der Waals surface area contributed by atoms with Gasteiger partial charge in [-0.2, -0.15) is 0 Å². The second-order valence-corrected chi connectivity index (χ2v) is 5.42. The van der Waals surface area contributed by atoms with Crippen LogP contribution in [-0.4, -0.2) is 39.1 Å². The number of aromatic nitrogens is 2. The molecule has 2 aromatic rings. The number of esters is 1. The largest absolute Gasteiger partial charge is 0.464 e. The summed E-state index contributed by atoms with van der Waals surface area (Å²) in [6, 6.07) is 2.87. The fourth-order valence-corrected chi connectivity index (χ4v) is 2.55. The number of amides is 1. The molecular formula is C14H17N3O3S. The molecule has 0 radical (unpaired) electrons. The number of nitrogens with zero attached hydrogens (tertiary/aromatic N) is 3. The molecule has 1 atom stereocenters. The molecule has 0 aromatic carbocycles. The highest BCUT2D eigenvalue weighted by atomic mass is 32.1. The van der Waals surface area contributed by atoms with Gasteiger partial charge in [-0.15, -0.1) is 11.3 Å². The van der Waals surface area contributed by atoms with E-state index in [0.29, 0.717) is 6.54 Å². The lowest BCUT2D eigenvalue weighted by atomic mass is 10.3. The van der Waals surface area contributed by atoms with E-state index in [4.69, 9.17) is 4.74 Å². The molecule has 0 spiro atoms. The summed E-state index contributed by atoms with van der Waals surface area (Å²) >= 11 is 1.54. The Morgan fingerprint density at radius 3 is 2.90 bits per heavy atom. The minimum absolute atomic E-state index is 0.287. The first-order valence-electron chi connectivity index (χ1n) is 6.61. The summed E-state index contributed by atoms with van der Waals surface area (Å²) in [5.41, 5.74) is 0. The number of thiophene rings is 1. The van der Waals surface area contributed by atoms with Crippen molar-refractivity contribution in [2.75, 3.05) is 6.61 Å². The highest BCUT2D eigenvalue weighted by Gasteiger charge is 2.28. The molecule has 2 rings (SSSR count). The predicted octanol–water partition coefficient (Wildman–Crippen LogP) is 2.37. The lowest BCUT2D eigenvalue weighted by molar-refractivity contribution is -0.147. The van der Waals surface area contributed by atoms with Crippen molar-refractivity contribution in [3.8, 4) is 0 Å². The molecule has 0 aliphatic heterocycles. The Hall–Kier alpha value is -2.15. The van der Waals surface area contributed by atoms with E-state index < -0.39 is 12.0 Å². The van der Waals surface area contributed by atoms with E-state index in [0.717, 1.165) is 4.88 Å². The molecule has 0 saturated carbocycles. The van der Waals surface area contributed by atoms with Crippen molar-refractivity contribution in [2.45, 2.75) is 26.4 Å². The fourth-order valence-electron chi connectivity index (χ4n) is 1.85. The Labute approximate surface area is 127 Å². The van der Waals surface area contributed by atoms with Crippen LogP contribution in [0.2, 0.25) is 0 Å². The molecule has 6 nitrogen and oxygen atoms in total. The molecule has 21 heavy (non-hydrogen) atoms. The van der Waals surface area contributed by atoms with Gasteiger partial charge in [-0.05, 0) is 25.3 Å². The second-order valence-electron chi connectivity index (χ2n) is 4.39. The van der Waals surface area contributed by atoms with E-state index in [1.807, 2.05) is 17.5 Å². The van der Waals surface area contributed by atoms with E-state index in [1.165, 1.54) is 33.3 Å². The average molecular weight is 307 g/mol. The van der Waals surface area contributed by atoms with Crippen molar-refractivity contribution in [2.24, 2.45) is 0 Å². The number of hydrogen-bond acceptors (Lipinski definition) is 5. The van der Waals surface area contributed by atoms with Crippen LogP contribution in [0.4, 0.5) is 4.79 Å². The standard InChI is InChI=1S/C14H17N3O3S/c1-3-20-13(18)11(2)17(9-12-5-4-8-21-12)14(19)16-7-6-15-10-16/h4-8,10-11H,3,9H2,1-2H3. The molecule has 0 bridgehead atoms. The first-order chi connectivity index (χ1) is 10.1. The first-order valence-corrected chi connectivity index (χ1v) is 7.49. The Morgan fingerprint density at radius 2 is 2.33 bits per heavy atom. The molecule has 0 fully saturated rings. The zero-order valence-electron chi connectivity index (χ0n) is 11.9. The van der Waals surface area contributed by atoms with Crippen LogP contribution in [0.5, 0.6) is 0 Å². The maximum Gasteiger partial charge on any atom is 0.330 e. The van der Waals surface area contributed by atoms with Crippen molar-refractivity contribution in [1.29, 1.82) is 0 Å². The monoisotopic (exact) mass is 307 g/mol. The smallest absolute Gasteiger partial charge is 0.330 e. The molecular weight excluding hydrogens is 290 g/mol. The molecule has 1 amide bonds. The Kier molecular flexibility index (Phi) is 5.10. The highest BCUT2D eigenvalue weighted by Crippen LogP contribution is 2.16. The van der Waals surface area contributed by atoms with Gasteiger partial charge in [0.15, 0.2) is 0 Å². The van der Waals surface area contributed by atoms with Gasteiger partial charge in [0.2, 0.25) is 0 Å². The van der Waals surface area contributed by atoms with E-state index in [1.54, 1.807) is 20.0 Å². The van der Waals surface area contributed by atoms with Crippen molar-refractivity contribution in [1.82, 2.24) is 14.5 Å². The normalized spacial score (nSPS) is 11.9. The quantitative estimate of drug-likeness (QED) is 0.796. The van der Waals surface area contributed by atoms with Crippen LogP contribution in [0.15, 0.2) is 36.2 Å². The number of ether oxygens (including phenoxy) is 1. The van der Waals surface area contributed by atoms with Crippen molar-refractivity contribution in [3.63, 3.8) is 0 Å². The second kappa shape index (κ2) is 7.03. The fraction of sp³-hybridized carbons (Fsp3) is 0.357. The Balaban J connectivity index is 2.21. The van der Waals surface area contributed by atoms with E-state index >= 15 is 0 Å². The van der Waals surface area contributed by atoms with Gasteiger partial charge in [0.1, 0.15) is 12.4 Å². The molecule has 0 aliphatic rings. The van der Waals surface area contributed by atoms with Crippen LogP contribution in [0.1, 0.15) is 18.7 Å². The first kappa shape index (κ1) is 15.2. The topological polar surface area (TPSA) is 64.4 Å². The van der Waals surface area contributed by atoms with Crippen LogP contribution in [0, 0.1) is 0 Å². The third-order valence-corrected chi connectivity index (χ3v) is 3.83. The van der Waals surface area contributed by atoms with Crippen LogP contribution < -0.4 is 0 Å². The SMILES string of the molecule is CCOC(=O)C(C)N(Cc1cccs1)C(=O)n1ccnc1. The number of carbonyl (C=O) groups is 2. The summed E-state index contributed by atoms with van der Waals surface area (Å²) in [5, 5.41) is 1.93. The van der Waals surface area contributed by atoms with Crippen molar-refractivity contribution < 1.29 is 14.3 Å². The molecule has 7 heteroatoms. The summed E-state index contributed by atoms with van der Waals surface area (Å²) in [4.78, 5) is 30.8. The van der Waals surface area contributed by atoms with Gasteiger partial charge in [0, 0.05) is 17.3 Å². The van der Waals surface area contributed by atoms with Gasteiger partial charge < -0.3 is 9.64 Å². The van der Waals surface area contributed by atoms with Gasteiger partial charge in [-0.25, -0.2) is 14.6 Å². The molecule has 2 heterocycles. The molecule has 1 unspecified atom stereocenters. The molecule has 0 N–H and O–H groups in total. The highest BCUT2D eigenvalue weighted by molar-refractivity contribution is 7.09. The van der Waals surface area contributed by atoms with E-state index in [9.17, 15) is 9.59 Å². The molecule has 2 aromatic heterocycles. The van der Waals surface area contributed by atoms with E-state index in [-0.39, 0.29) is 12.6 Å². The van der Waals surface area contributed by atoms with Crippen LogP contribution in [0.25, 0.3) is 0 Å². The van der Waals surface area contributed by atoms with Crippen molar-refractivity contribution in [3.05, 3.63) is 41.1 Å². The summed E-state index contributed by atoms with van der Waals surface area (Å²) < 4.78 is 6.37. The van der Waals surface area contributed by atoms with Gasteiger partial charge >= 0.3 is 12.0 Å². The molecule has 112 valence electrons. The number of rotatable bonds is 5. The lowest BCUT2D eigenvalue weighted by Crippen LogP contribution is -2.45. The number of carbonyl (C=O) groups excluding carboxylic acids is 2. The van der Waals surface area contributed by atoms with Gasteiger partial charge in [0.05, 0.1) is 13.2 Å². The maximum atomic E-state index is 12.5. The predicted molar refractivity (Wildman–Crippen MR) is 79.0 cm³/mol. The molecule has 0 aliphatic carbocycles. The number of hydrogen-bond donors (Lipinski definition) is 0. The zero-order valence-corrected chi connectivity index (χ0v) is 12.7. The van der Waals surface area contributed by atoms with Crippen molar-refractivity contribution >= 4 is 23.3 Å². The Bertz CT molecular complexity index is 581. The zero-order chi connectivity index (χ0) is 15.2. The van der Waals surface area contributed by atoms with E-state index in [2.05, 4.69) is 4.98 Å². The Morgan fingerprint density at radius 1 is 1.52 bits per heavy atom. The summed E-state index contributed by atoms with van der Waals surface area (Å²) in [7, 11) is 0. The van der Waals surface area contributed by atoms with Gasteiger partial charge in [0.25, 0.3) is 0 Å². The summed E-state index contributed by atoms with van der Waals surface area (Å²) in [6.07, 6.45) is 4.50. The van der Waals surface area contributed by atoms with Crippen LogP contribution in [-0.2, 0) is 16.1 Å². The van der Waals surface area contributed by atoms with Crippen LogP contribution in [0.3, 0.4) is 0 Å². The summed E-state index contributed by atoms with van der Waals surface area (Å²) in [6.45, 7) is 4.05. The minimum atomic E-state index is -0.665. The summed E-state index contributed by atoms with van der Waals surface area (Å²) in [5.74, 6) is -0.414. The minimum Gasteiger partial charge on any atom is -0.464 e. The lowest BCUT2D eigenvalue weighted by Gasteiger charge is -2.27. The molecule has 0 saturated heterocycles. The maximum absolute atomic E-state index is 12.5. The third-order valence-electron chi connectivity index (χ3n) is 2.97. The third kappa shape index (κ3) is 3.69. The average Bonchev–Trinajstić information content (AvgIpc) is 3.16. The number of imidazole rings is 1. The van der Waals surface area contributed by atoms with Gasteiger partial charge in [-0.3, -0.25) is 4.57 Å². The van der Waals surface area contributed by atoms with Gasteiger partial charge in [-0.1, -0.05) is 6.07 Å².